The number of hydrogen-bond donors (Lipinski definition) is 1. The molecule has 1 fully saturated rings. The van der Waals surface area contributed by atoms with Gasteiger partial charge in [0.15, 0.2) is 0 Å². The summed E-state index contributed by atoms with van der Waals surface area (Å²) in [5.74, 6) is 0.902. The summed E-state index contributed by atoms with van der Waals surface area (Å²) in [6, 6.07) is 10.4. The van der Waals surface area contributed by atoms with Crippen LogP contribution in [0.25, 0.3) is 0 Å². The molecule has 3 rings (SSSR count). The zero-order valence-corrected chi connectivity index (χ0v) is 12.9. The van der Waals surface area contributed by atoms with Gasteiger partial charge in [0.25, 0.3) is 0 Å². The fraction of sp³-hybridized carbons (Fsp3) is 0.684. The highest BCUT2D eigenvalue weighted by atomic mass is 15.0. The van der Waals surface area contributed by atoms with E-state index in [9.17, 15) is 0 Å². The molecule has 0 spiro atoms. The molecule has 0 amide bonds. The Labute approximate surface area is 124 Å². The van der Waals surface area contributed by atoms with Crippen molar-refractivity contribution in [2.75, 3.05) is 0 Å². The number of benzene rings is 1. The van der Waals surface area contributed by atoms with Gasteiger partial charge in [0.2, 0.25) is 0 Å². The van der Waals surface area contributed by atoms with Gasteiger partial charge in [-0.05, 0) is 56.1 Å². The first kappa shape index (κ1) is 14.1. The minimum absolute atomic E-state index is 0.589. The molecule has 0 saturated heterocycles. The molecule has 1 saturated carbocycles. The molecular formula is C19H29N. The SMILES string of the molecule is C[C@H](NC1CCCCc2ccccc21)C1CCCCC1. The highest BCUT2D eigenvalue weighted by molar-refractivity contribution is 5.31. The van der Waals surface area contributed by atoms with E-state index in [0.29, 0.717) is 12.1 Å². The molecule has 0 aliphatic heterocycles. The van der Waals surface area contributed by atoms with Gasteiger partial charge in [-0.2, -0.15) is 0 Å². The average molecular weight is 271 g/mol. The Morgan fingerprint density at radius 2 is 1.70 bits per heavy atom. The van der Waals surface area contributed by atoms with Gasteiger partial charge in [-0.15, -0.1) is 0 Å². The van der Waals surface area contributed by atoms with Crippen molar-refractivity contribution < 1.29 is 0 Å². The van der Waals surface area contributed by atoms with E-state index < -0.39 is 0 Å². The Kier molecular flexibility index (Phi) is 4.77. The van der Waals surface area contributed by atoms with Crippen LogP contribution >= 0.6 is 0 Å². The number of aryl methyl sites for hydroxylation is 1. The highest BCUT2D eigenvalue weighted by Crippen LogP contribution is 2.32. The van der Waals surface area contributed by atoms with Gasteiger partial charge in [0.1, 0.15) is 0 Å². The minimum atomic E-state index is 0.589. The highest BCUT2D eigenvalue weighted by Gasteiger charge is 2.24. The van der Waals surface area contributed by atoms with E-state index in [1.807, 2.05) is 0 Å². The molecule has 1 N–H and O–H groups in total. The molecule has 20 heavy (non-hydrogen) atoms. The quantitative estimate of drug-likeness (QED) is 0.762. The smallest absolute Gasteiger partial charge is 0.0325 e. The molecule has 2 atom stereocenters. The Hall–Kier alpha value is -0.820. The first-order valence-electron chi connectivity index (χ1n) is 8.68. The second-order valence-corrected chi connectivity index (χ2v) is 6.85. The number of fused-ring (bicyclic) bond motifs is 1. The fourth-order valence-corrected chi connectivity index (χ4v) is 4.18. The van der Waals surface area contributed by atoms with Crippen molar-refractivity contribution in [1.29, 1.82) is 0 Å². The monoisotopic (exact) mass is 271 g/mol. The van der Waals surface area contributed by atoms with Gasteiger partial charge < -0.3 is 5.32 Å². The van der Waals surface area contributed by atoms with Crippen molar-refractivity contribution >= 4 is 0 Å². The fourth-order valence-electron chi connectivity index (χ4n) is 4.18. The lowest BCUT2D eigenvalue weighted by Crippen LogP contribution is -2.37. The van der Waals surface area contributed by atoms with Gasteiger partial charge in [0.05, 0.1) is 0 Å². The second kappa shape index (κ2) is 6.76. The van der Waals surface area contributed by atoms with Gasteiger partial charge in [-0.3, -0.25) is 0 Å². The van der Waals surface area contributed by atoms with E-state index in [2.05, 4.69) is 36.5 Å². The number of rotatable bonds is 3. The molecule has 1 heteroatoms. The van der Waals surface area contributed by atoms with Crippen LogP contribution in [0, 0.1) is 5.92 Å². The van der Waals surface area contributed by atoms with E-state index in [1.54, 1.807) is 11.1 Å². The summed E-state index contributed by atoms with van der Waals surface area (Å²) in [5, 5.41) is 3.98. The van der Waals surface area contributed by atoms with Crippen LogP contribution in [-0.2, 0) is 6.42 Å². The molecule has 110 valence electrons. The Bertz CT molecular complexity index is 420. The molecule has 0 radical (unpaired) electrons. The second-order valence-electron chi connectivity index (χ2n) is 6.85. The van der Waals surface area contributed by atoms with Crippen LogP contribution in [0.5, 0.6) is 0 Å². The Morgan fingerprint density at radius 1 is 0.950 bits per heavy atom. The van der Waals surface area contributed by atoms with E-state index >= 15 is 0 Å². The number of hydrogen-bond acceptors (Lipinski definition) is 1. The Morgan fingerprint density at radius 3 is 2.55 bits per heavy atom. The predicted octanol–water partition coefficient (Wildman–Crippen LogP) is 5.01. The maximum absolute atomic E-state index is 3.98. The molecule has 1 aromatic rings. The van der Waals surface area contributed by atoms with E-state index in [4.69, 9.17) is 0 Å². The average Bonchev–Trinajstić information content (AvgIpc) is 2.71. The third-order valence-electron chi connectivity index (χ3n) is 5.44. The zero-order valence-electron chi connectivity index (χ0n) is 12.9. The van der Waals surface area contributed by atoms with Crippen LogP contribution in [0.3, 0.4) is 0 Å². The lowest BCUT2D eigenvalue weighted by molar-refractivity contribution is 0.260. The van der Waals surface area contributed by atoms with Crippen molar-refractivity contribution in [3.05, 3.63) is 35.4 Å². The molecule has 0 aromatic heterocycles. The lowest BCUT2D eigenvalue weighted by Gasteiger charge is -2.32. The molecule has 0 heterocycles. The minimum Gasteiger partial charge on any atom is -0.307 e. The molecule has 1 unspecified atom stereocenters. The van der Waals surface area contributed by atoms with Crippen LogP contribution < -0.4 is 5.32 Å². The van der Waals surface area contributed by atoms with Crippen molar-refractivity contribution in [1.82, 2.24) is 5.32 Å². The van der Waals surface area contributed by atoms with Crippen LogP contribution in [-0.4, -0.2) is 6.04 Å². The Balaban J connectivity index is 1.69. The predicted molar refractivity (Wildman–Crippen MR) is 85.9 cm³/mol. The van der Waals surface area contributed by atoms with Crippen LogP contribution in [0.1, 0.15) is 75.5 Å². The third kappa shape index (κ3) is 3.25. The molecule has 2 aliphatic rings. The largest absolute Gasteiger partial charge is 0.307 e. The zero-order chi connectivity index (χ0) is 13.8. The van der Waals surface area contributed by atoms with Crippen LogP contribution in [0.2, 0.25) is 0 Å². The third-order valence-corrected chi connectivity index (χ3v) is 5.44. The van der Waals surface area contributed by atoms with Gasteiger partial charge in [-0.1, -0.05) is 49.9 Å². The van der Waals surface area contributed by atoms with Crippen LogP contribution in [0.15, 0.2) is 24.3 Å². The molecule has 2 aliphatic carbocycles. The maximum Gasteiger partial charge on any atom is 0.0325 e. The summed E-state index contributed by atoms with van der Waals surface area (Å²) in [5.41, 5.74) is 3.16. The first-order chi connectivity index (χ1) is 9.84. The number of nitrogens with one attached hydrogen (secondary N) is 1. The van der Waals surface area contributed by atoms with Gasteiger partial charge >= 0.3 is 0 Å². The summed E-state index contributed by atoms with van der Waals surface area (Å²) < 4.78 is 0. The van der Waals surface area contributed by atoms with Crippen molar-refractivity contribution in [3.63, 3.8) is 0 Å². The summed E-state index contributed by atoms with van der Waals surface area (Å²) >= 11 is 0. The van der Waals surface area contributed by atoms with E-state index in [-0.39, 0.29) is 0 Å². The summed E-state index contributed by atoms with van der Waals surface area (Å²) in [4.78, 5) is 0. The van der Waals surface area contributed by atoms with E-state index in [1.165, 1.54) is 57.8 Å². The standard InChI is InChI=1S/C19H29N/c1-15(16-9-3-2-4-10-16)20-19-14-8-6-12-17-11-5-7-13-18(17)19/h5,7,11,13,15-16,19-20H,2-4,6,8-10,12,14H2,1H3/t15-,19?/m0/s1. The summed E-state index contributed by atoms with van der Waals surface area (Å²) in [6.07, 6.45) is 12.5. The lowest BCUT2D eigenvalue weighted by atomic mass is 9.84. The summed E-state index contributed by atoms with van der Waals surface area (Å²) in [6.45, 7) is 2.42. The van der Waals surface area contributed by atoms with Crippen molar-refractivity contribution in [3.8, 4) is 0 Å². The van der Waals surface area contributed by atoms with Crippen LogP contribution in [0.4, 0.5) is 0 Å². The molecular weight excluding hydrogens is 242 g/mol. The maximum atomic E-state index is 3.98. The van der Waals surface area contributed by atoms with Gasteiger partial charge in [0, 0.05) is 12.1 Å². The normalized spacial score (nSPS) is 25.8. The van der Waals surface area contributed by atoms with Crippen molar-refractivity contribution in [2.45, 2.75) is 76.8 Å². The molecule has 1 nitrogen and oxygen atoms in total. The molecule has 0 bridgehead atoms. The van der Waals surface area contributed by atoms with Crippen molar-refractivity contribution in [2.24, 2.45) is 5.92 Å². The molecule has 1 aromatic carbocycles. The van der Waals surface area contributed by atoms with Gasteiger partial charge in [-0.25, -0.2) is 0 Å². The topological polar surface area (TPSA) is 12.0 Å². The van der Waals surface area contributed by atoms with E-state index in [0.717, 1.165) is 5.92 Å². The first-order valence-corrected chi connectivity index (χ1v) is 8.68. The summed E-state index contributed by atoms with van der Waals surface area (Å²) in [7, 11) is 0.